The minimum absolute atomic E-state index is 0.000902. The molecule has 0 aliphatic rings. The maximum Gasteiger partial charge on any atom is 0.264 e. The molecule has 0 aliphatic carbocycles. The van der Waals surface area contributed by atoms with E-state index in [0.717, 1.165) is 9.87 Å². The van der Waals surface area contributed by atoms with E-state index in [2.05, 4.69) is 5.32 Å². The first-order valence-corrected chi connectivity index (χ1v) is 12.5. The van der Waals surface area contributed by atoms with Gasteiger partial charge < -0.3 is 10.2 Å². The molecule has 1 atom stereocenters. The summed E-state index contributed by atoms with van der Waals surface area (Å²) in [5, 5.41) is 2.52. The molecule has 0 aliphatic heterocycles. The average molecular weight is 498 g/mol. The maximum absolute atomic E-state index is 13.6. The van der Waals surface area contributed by atoms with Crippen LogP contribution in [0.15, 0.2) is 83.8 Å². The summed E-state index contributed by atoms with van der Waals surface area (Å²) in [4.78, 5) is 27.3. The molecule has 0 saturated heterocycles. The van der Waals surface area contributed by atoms with E-state index < -0.39 is 40.2 Å². The molecule has 3 aromatic rings. The Morgan fingerprint density at radius 3 is 2.11 bits per heavy atom. The van der Waals surface area contributed by atoms with Crippen molar-refractivity contribution in [1.29, 1.82) is 0 Å². The van der Waals surface area contributed by atoms with Crippen molar-refractivity contribution in [3.8, 4) is 0 Å². The predicted octanol–water partition coefficient (Wildman–Crippen LogP) is 3.49. The van der Waals surface area contributed by atoms with Crippen LogP contribution in [-0.2, 0) is 26.2 Å². The number of carbonyl (C=O) groups is 2. The van der Waals surface area contributed by atoms with Gasteiger partial charge in [-0.1, -0.05) is 48.0 Å². The summed E-state index contributed by atoms with van der Waals surface area (Å²) in [5.41, 5.74) is 1.81. The molecule has 3 rings (SSSR count). The molecule has 0 fully saturated rings. The number of para-hydroxylation sites is 1. The van der Waals surface area contributed by atoms with E-state index >= 15 is 0 Å². The van der Waals surface area contributed by atoms with Crippen molar-refractivity contribution in [1.82, 2.24) is 10.2 Å². The average Bonchev–Trinajstić information content (AvgIpc) is 2.86. The molecule has 0 heterocycles. The fraction of sp³-hybridized carbons (Fsp3) is 0.231. The second kappa shape index (κ2) is 11.1. The fourth-order valence-electron chi connectivity index (χ4n) is 3.54. The highest BCUT2D eigenvalue weighted by Gasteiger charge is 2.32. The van der Waals surface area contributed by atoms with Crippen LogP contribution in [0.5, 0.6) is 0 Å². The van der Waals surface area contributed by atoms with Gasteiger partial charge in [0.05, 0.1) is 10.6 Å². The summed E-state index contributed by atoms with van der Waals surface area (Å²) < 4.78 is 41.6. The molecular weight excluding hydrogens is 469 g/mol. The van der Waals surface area contributed by atoms with E-state index in [4.69, 9.17) is 0 Å². The molecule has 3 aromatic carbocycles. The van der Waals surface area contributed by atoms with Crippen molar-refractivity contribution in [2.45, 2.75) is 31.3 Å². The lowest BCUT2D eigenvalue weighted by Crippen LogP contribution is -2.50. The van der Waals surface area contributed by atoms with E-state index in [0.29, 0.717) is 11.3 Å². The zero-order chi connectivity index (χ0) is 25.6. The molecule has 0 radical (unpaired) electrons. The lowest BCUT2D eigenvalue weighted by molar-refractivity contribution is -0.139. The van der Waals surface area contributed by atoms with Gasteiger partial charge in [0, 0.05) is 13.6 Å². The normalized spacial score (nSPS) is 12.0. The second-order valence-corrected chi connectivity index (χ2v) is 9.96. The van der Waals surface area contributed by atoms with Gasteiger partial charge in [-0.3, -0.25) is 13.9 Å². The summed E-state index contributed by atoms with van der Waals surface area (Å²) >= 11 is 0. The second-order valence-electron chi connectivity index (χ2n) is 8.10. The van der Waals surface area contributed by atoms with Crippen molar-refractivity contribution < 1.29 is 22.4 Å². The van der Waals surface area contributed by atoms with Gasteiger partial charge >= 0.3 is 0 Å². The monoisotopic (exact) mass is 497 g/mol. The van der Waals surface area contributed by atoms with Gasteiger partial charge in [0.15, 0.2) is 0 Å². The number of hydrogen-bond acceptors (Lipinski definition) is 4. The highest BCUT2D eigenvalue weighted by molar-refractivity contribution is 7.92. The predicted molar refractivity (Wildman–Crippen MR) is 133 cm³/mol. The molecular formula is C26H28FN3O4S. The number of amides is 2. The number of halogens is 1. The third-order valence-corrected chi connectivity index (χ3v) is 7.40. The number of sulfonamides is 1. The third-order valence-electron chi connectivity index (χ3n) is 5.61. The van der Waals surface area contributed by atoms with Gasteiger partial charge in [-0.2, -0.15) is 0 Å². The number of anilines is 1. The van der Waals surface area contributed by atoms with Gasteiger partial charge in [-0.05, 0) is 55.8 Å². The molecule has 0 spiro atoms. The number of aryl methyl sites for hydroxylation is 1. The molecule has 2 amide bonds. The molecule has 35 heavy (non-hydrogen) atoms. The van der Waals surface area contributed by atoms with Crippen molar-refractivity contribution >= 4 is 27.5 Å². The molecule has 0 saturated carbocycles. The summed E-state index contributed by atoms with van der Waals surface area (Å²) in [6.07, 6.45) is 0. The number of nitrogens with one attached hydrogen (secondary N) is 1. The number of likely N-dealkylation sites (N-methyl/N-ethyl adjacent to an activating group) is 1. The van der Waals surface area contributed by atoms with Crippen molar-refractivity contribution in [2.24, 2.45) is 0 Å². The molecule has 9 heteroatoms. The molecule has 184 valence electrons. The topological polar surface area (TPSA) is 86.8 Å². The number of carbonyl (C=O) groups excluding carboxylic acids is 2. The minimum atomic E-state index is -4.09. The van der Waals surface area contributed by atoms with Crippen LogP contribution in [-0.4, -0.2) is 44.8 Å². The zero-order valence-electron chi connectivity index (χ0n) is 19.8. The Morgan fingerprint density at radius 1 is 0.943 bits per heavy atom. The largest absolute Gasteiger partial charge is 0.357 e. The van der Waals surface area contributed by atoms with Gasteiger partial charge in [-0.25, -0.2) is 12.8 Å². The standard InChI is InChI=1S/C26H28FN3O4S/c1-19-9-15-24(16-10-19)35(33,34)30(23-7-5-4-6-8-23)18-25(31)29(20(2)26(32)28-3)17-21-11-13-22(27)14-12-21/h4-16,20H,17-18H2,1-3H3,(H,28,32). The minimum Gasteiger partial charge on any atom is -0.357 e. The van der Waals surface area contributed by atoms with Crippen LogP contribution >= 0.6 is 0 Å². The number of nitrogens with zero attached hydrogens (tertiary/aromatic N) is 2. The van der Waals surface area contributed by atoms with Gasteiger partial charge in [0.2, 0.25) is 11.8 Å². The quantitative estimate of drug-likeness (QED) is 0.490. The van der Waals surface area contributed by atoms with Crippen LogP contribution in [0.2, 0.25) is 0 Å². The summed E-state index contributed by atoms with van der Waals surface area (Å²) in [6.45, 7) is 2.88. The molecule has 0 bridgehead atoms. The highest BCUT2D eigenvalue weighted by atomic mass is 32.2. The van der Waals surface area contributed by atoms with Gasteiger partial charge in [0.25, 0.3) is 10.0 Å². The first-order chi connectivity index (χ1) is 16.6. The fourth-order valence-corrected chi connectivity index (χ4v) is 4.95. The number of hydrogen-bond donors (Lipinski definition) is 1. The Kier molecular flexibility index (Phi) is 8.24. The summed E-state index contributed by atoms with van der Waals surface area (Å²) in [6, 6.07) is 19.4. The Balaban J connectivity index is 1.99. The van der Waals surface area contributed by atoms with Crippen molar-refractivity contribution in [2.75, 3.05) is 17.9 Å². The van der Waals surface area contributed by atoms with Crippen LogP contribution in [0.3, 0.4) is 0 Å². The third kappa shape index (κ3) is 6.24. The highest BCUT2D eigenvalue weighted by Crippen LogP contribution is 2.24. The van der Waals surface area contributed by atoms with Crippen LogP contribution in [0.1, 0.15) is 18.1 Å². The number of benzene rings is 3. The van der Waals surface area contributed by atoms with E-state index in [-0.39, 0.29) is 11.4 Å². The van der Waals surface area contributed by atoms with Gasteiger partial charge in [0.1, 0.15) is 18.4 Å². The lowest BCUT2D eigenvalue weighted by Gasteiger charge is -2.31. The van der Waals surface area contributed by atoms with Crippen LogP contribution < -0.4 is 9.62 Å². The lowest BCUT2D eigenvalue weighted by atomic mass is 10.1. The number of rotatable bonds is 9. The summed E-state index contributed by atoms with van der Waals surface area (Å²) in [7, 11) is -2.64. The Labute approximate surface area is 205 Å². The molecule has 1 N–H and O–H groups in total. The van der Waals surface area contributed by atoms with Crippen molar-refractivity contribution in [3.05, 3.63) is 95.8 Å². The van der Waals surface area contributed by atoms with E-state index in [9.17, 15) is 22.4 Å². The Hall–Kier alpha value is -3.72. The Bertz CT molecular complexity index is 1260. The Morgan fingerprint density at radius 2 is 1.54 bits per heavy atom. The molecule has 7 nitrogen and oxygen atoms in total. The SMILES string of the molecule is CNC(=O)C(C)N(Cc1ccc(F)cc1)C(=O)CN(c1ccccc1)S(=O)(=O)c1ccc(C)cc1. The van der Waals surface area contributed by atoms with E-state index in [1.165, 1.54) is 48.3 Å². The van der Waals surface area contributed by atoms with Crippen LogP contribution in [0.25, 0.3) is 0 Å². The molecule has 1 unspecified atom stereocenters. The summed E-state index contributed by atoms with van der Waals surface area (Å²) in [5.74, 6) is -1.41. The van der Waals surface area contributed by atoms with Gasteiger partial charge in [-0.15, -0.1) is 0 Å². The first-order valence-electron chi connectivity index (χ1n) is 11.0. The zero-order valence-corrected chi connectivity index (χ0v) is 20.6. The van der Waals surface area contributed by atoms with Crippen LogP contribution in [0.4, 0.5) is 10.1 Å². The molecule has 0 aromatic heterocycles. The first kappa shape index (κ1) is 25.9. The van der Waals surface area contributed by atoms with Crippen LogP contribution in [0, 0.1) is 12.7 Å². The van der Waals surface area contributed by atoms with E-state index in [1.54, 1.807) is 49.4 Å². The smallest absolute Gasteiger partial charge is 0.264 e. The van der Waals surface area contributed by atoms with Crippen molar-refractivity contribution in [3.63, 3.8) is 0 Å². The van der Waals surface area contributed by atoms with E-state index in [1.807, 2.05) is 6.92 Å². The maximum atomic E-state index is 13.6.